The minimum Gasteiger partial charge on any atom is -0.507 e. The SMILES string of the molecule is CC1Oc2cc(O)c(C=P)cc2O1. The Bertz CT molecular complexity index is 362. The molecule has 0 saturated heterocycles. The Labute approximate surface area is 78.1 Å². The van der Waals surface area contributed by atoms with Crippen molar-refractivity contribution >= 4 is 14.7 Å². The summed E-state index contributed by atoms with van der Waals surface area (Å²) in [6.45, 7) is 1.80. The Kier molecular flexibility index (Phi) is 1.89. The lowest BCUT2D eigenvalue weighted by atomic mass is 10.2. The van der Waals surface area contributed by atoms with Crippen LogP contribution in [0.2, 0.25) is 0 Å². The van der Waals surface area contributed by atoms with E-state index in [1.807, 2.05) is 0 Å². The molecule has 1 aromatic rings. The van der Waals surface area contributed by atoms with Crippen LogP contribution in [0.25, 0.3) is 0 Å². The molecule has 1 N–H and O–H groups in total. The molecule has 0 fully saturated rings. The van der Waals surface area contributed by atoms with Crippen molar-refractivity contribution in [1.29, 1.82) is 0 Å². The highest BCUT2D eigenvalue weighted by Gasteiger charge is 2.21. The lowest BCUT2D eigenvalue weighted by molar-refractivity contribution is 0.0678. The van der Waals surface area contributed by atoms with Gasteiger partial charge in [0, 0.05) is 18.6 Å². The molecule has 4 heteroatoms. The lowest BCUT2D eigenvalue weighted by Crippen LogP contribution is -2.11. The van der Waals surface area contributed by atoms with Crippen molar-refractivity contribution in [2.45, 2.75) is 13.2 Å². The summed E-state index contributed by atoms with van der Waals surface area (Å²) in [4.78, 5) is 0. The van der Waals surface area contributed by atoms with Gasteiger partial charge in [0.15, 0.2) is 11.5 Å². The first-order valence-electron chi connectivity index (χ1n) is 3.91. The monoisotopic (exact) mass is 196 g/mol. The zero-order valence-corrected chi connectivity index (χ0v) is 8.07. The molecule has 1 aliphatic heterocycles. The van der Waals surface area contributed by atoms with Crippen LogP contribution in [0.5, 0.6) is 17.2 Å². The Morgan fingerprint density at radius 3 is 2.62 bits per heavy atom. The summed E-state index contributed by atoms with van der Waals surface area (Å²) >= 11 is 0. The lowest BCUT2D eigenvalue weighted by Gasteiger charge is -2.00. The summed E-state index contributed by atoms with van der Waals surface area (Å²) < 4.78 is 10.6. The topological polar surface area (TPSA) is 38.7 Å². The highest BCUT2D eigenvalue weighted by atomic mass is 31.0. The number of phenols is 1. The number of rotatable bonds is 1. The highest BCUT2D eigenvalue weighted by molar-refractivity contribution is 7.19. The smallest absolute Gasteiger partial charge is 0.238 e. The van der Waals surface area contributed by atoms with Crippen LogP contribution in [-0.2, 0) is 0 Å². The largest absolute Gasteiger partial charge is 0.507 e. The molecule has 1 heterocycles. The Hall–Kier alpha value is -1.21. The molecule has 3 nitrogen and oxygen atoms in total. The molecule has 0 aliphatic carbocycles. The van der Waals surface area contributed by atoms with E-state index in [4.69, 9.17) is 9.47 Å². The summed E-state index contributed by atoms with van der Waals surface area (Å²) in [5.74, 6) is 3.05. The molecule has 0 amide bonds. The number of phenolic OH excluding ortho intramolecular Hbond substituents is 1. The van der Waals surface area contributed by atoms with Gasteiger partial charge in [-0.25, -0.2) is 0 Å². The molecule has 1 aliphatic rings. The first-order chi connectivity index (χ1) is 6.20. The third-order valence-corrected chi connectivity index (χ3v) is 2.15. The zero-order chi connectivity index (χ0) is 9.42. The van der Waals surface area contributed by atoms with Crippen molar-refractivity contribution < 1.29 is 14.6 Å². The van der Waals surface area contributed by atoms with Crippen molar-refractivity contribution in [2.75, 3.05) is 0 Å². The number of hydrogen-bond acceptors (Lipinski definition) is 3. The third kappa shape index (κ3) is 1.36. The number of fused-ring (bicyclic) bond motifs is 1. The summed E-state index contributed by atoms with van der Waals surface area (Å²) in [5, 5.41) is 9.46. The molecule has 0 aromatic heterocycles. The fraction of sp³-hybridized carbons (Fsp3) is 0.222. The summed E-state index contributed by atoms with van der Waals surface area (Å²) in [6.07, 6.45) is -0.278. The molecule has 0 saturated carbocycles. The average molecular weight is 196 g/mol. The molecule has 1 unspecified atom stereocenters. The first-order valence-corrected chi connectivity index (χ1v) is 4.49. The van der Waals surface area contributed by atoms with E-state index in [0.717, 1.165) is 0 Å². The maximum atomic E-state index is 9.46. The predicted molar refractivity (Wildman–Crippen MR) is 52.3 cm³/mol. The second-order valence-electron chi connectivity index (χ2n) is 2.81. The first kappa shape index (κ1) is 8.39. The van der Waals surface area contributed by atoms with Gasteiger partial charge in [0.05, 0.1) is 0 Å². The summed E-state index contributed by atoms with van der Waals surface area (Å²) in [6, 6.07) is 3.27. The average Bonchev–Trinajstić information content (AvgIpc) is 2.42. The van der Waals surface area contributed by atoms with Crippen LogP contribution in [0.3, 0.4) is 0 Å². The van der Waals surface area contributed by atoms with Crippen molar-refractivity contribution in [3.8, 4) is 17.2 Å². The van der Waals surface area contributed by atoms with Crippen molar-refractivity contribution in [3.63, 3.8) is 0 Å². The number of benzene rings is 1. The minimum absolute atomic E-state index is 0.173. The second kappa shape index (κ2) is 2.93. The van der Waals surface area contributed by atoms with E-state index in [0.29, 0.717) is 17.1 Å². The van der Waals surface area contributed by atoms with Crippen LogP contribution < -0.4 is 9.47 Å². The number of hydrogen-bond donors (Lipinski definition) is 1. The third-order valence-electron chi connectivity index (χ3n) is 1.83. The van der Waals surface area contributed by atoms with Crippen molar-refractivity contribution in [2.24, 2.45) is 0 Å². The maximum Gasteiger partial charge on any atom is 0.238 e. The van der Waals surface area contributed by atoms with Gasteiger partial charge in [0.2, 0.25) is 6.29 Å². The van der Waals surface area contributed by atoms with Gasteiger partial charge < -0.3 is 14.6 Å². The van der Waals surface area contributed by atoms with E-state index in [1.165, 1.54) is 0 Å². The van der Waals surface area contributed by atoms with E-state index >= 15 is 0 Å². The van der Waals surface area contributed by atoms with E-state index in [1.54, 1.807) is 24.9 Å². The number of aromatic hydroxyl groups is 1. The summed E-state index contributed by atoms with van der Waals surface area (Å²) in [7, 11) is 3.20. The molecule has 68 valence electrons. The van der Waals surface area contributed by atoms with E-state index in [2.05, 4.69) is 8.86 Å². The molecule has 13 heavy (non-hydrogen) atoms. The molecule has 0 spiro atoms. The molecule has 0 bridgehead atoms. The standard InChI is InChI=1S/C9H9O3P/c1-5-11-8-2-6(4-13)7(10)3-9(8)12-5/h2-5,10,13H,1H3. The quantitative estimate of drug-likeness (QED) is 0.696. The van der Waals surface area contributed by atoms with Gasteiger partial charge in [0.25, 0.3) is 0 Å². The molecular formula is C9H9O3P. The fourth-order valence-corrected chi connectivity index (χ4v) is 1.48. The van der Waals surface area contributed by atoms with Crippen molar-refractivity contribution in [3.05, 3.63) is 17.7 Å². The van der Waals surface area contributed by atoms with Gasteiger partial charge in [-0.3, -0.25) is 0 Å². The normalized spacial score (nSPS) is 18.7. The molecular weight excluding hydrogens is 187 g/mol. The minimum atomic E-state index is -0.278. The number of ether oxygens (including phenoxy) is 2. The van der Waals surface area contributed by atoms with Gasteiger partial charge in [-0.05, 0) is 11.9 Å². The van der Waals surface area contributed by atoms with E-state index < -0.39 is 0 Å². The van der Waals surface area contributed by atoms with Gasteiger partial charge >= 0.3 is 0 Å². The fourth-order valence-electron chi connectivity index (χ4n) is 1.25. The van der Waals surface area contributed by atoms with Crippen LogP contribution in [0.4, 0.5) is 0 Å². The van der Waals surface area contributed by atoms with Crippen molar-refractivity contribution in [1.82, 2.24) is 0 Å². The Balaban J connectivity index is 2.50. The zero-order valence-electron chi connectivity index (χ0n) is 7.07. The van der Waals surface area contributed by atoms with Crippen LogP contribution in [0.1, 0.15) is 12.5 Å². The van der Waals surface area contributed by atoms with Gasteiger partial charge in [-0.15, -0.1) is 8.86 Å². The summed E-state index contributed by atoms with van der Waals surface area (Å²) in [5.41, 5.74) is 0.674. The second-order valence-corrected chi connectivity index (χ2v) is 3.09. The maximum absolute atomic E-state index is 9.46. The van der Waals surface area contributed by atoms with Gasteiger partial charge in [-0.2, -0.15) is 0 Å². The van der Waals surface area contributed by atoms with E-state index in [9.17, 15) is 5.11 Å². The highest BCUT2D eigenvalue weighted by Crippen LogP contribution is 2.38. The Morgan fingerprint density at radius 2 is 2.00 bits per heavy atom. The molecule has 0 radical (unpaired) electrons. The predicted octanol–water partition coefficient (Wildman–Crippen LogP) is 1.80. The molecule has 1 atom stereocenters. The molecule has 2 rings (SSSR count). The van der Waals surface area contributed by atoms with Crippen LogP contribution in [0, 0.1) is 0 Å². The van der Waals surface area contributed by atoms with Crippen LogP contribution >= 0.6 is 8.86 Å². The van der Waals surface area contributed by atoms with Crippen LogP contribution in [-0.4, -0.2) is 17.2 Å². The van der Waals surface area contributed by atoms with Crippen LogP contribution in [0.15, 0.2) is 12.1 Å². The van der Waals surface area contributed by atoms with Gasteiger partial charge in [-0.1, -0.05) is 0 Å². The van der Waals surface area contributed by atoms with Gasteiger partial charge in [0.1, 0.15) is 5.75 Å². The van der Waals surface area contributed by atoms with E-state index in [-0.39, 0.29) is 12.0 Å². The molecule has 1 aromatic carbocycles. The Morgan fingerprint density at radius 1 is 1.38 bits per heavy atom.